The zero-order chi connectivity index (χ0) is 19.3. The van der Waals surface area contributed by atoms with Gasteiger partial charge in [-0.05, 0) is 43.9 Å². The molecule has 5 rings (SSSR count). The van der Waals surface area contributed by atoms with Crippen LogP contribution in [0.3, 0.4) is 0 Å². The molecular formula is C22H24FN3OS. The van der Waals surface area contributed by atoms with Crippen molar-refractivity contribution in [3.8, 4) is 5.75 Å². The van der Waals surface area contributed by atoms with Crippen LogP contribution >= 0.6 is 11.3 Å². The lowest BCUT2D eigenvalue weighted by Crippen LogP contribution is -2.58. The normalized spacial score (nSPS) is 22.1. The summed E-state index contributed by atoms with van der Waals surface area (Å²) < 4.78 is 21.3. The maximum Gasteiger partial charge on any atom is 0.186 e. The molecule has 2 atom stereocenters. The predicted octanol–water partition coefficient (Wildman–Crippen LogP) is 4.37. The van der Waals surface area contributed by atoms with E-state index in [0.717, 1.165) is 42.1 Å². The maximum atomic E-state index is 14.0. The zero-order valence-electron chi connectivity index (χ0n) is 15.9. The second-order valence-electron chi connectivity index (χ2n) is 8.13. The lowest BCUT2D eigenvalue weighted by atomic mass is 9.75. The molecular weight excluding hydrogens is 373 g/mol. The molecule has 1 aromatic heterocycles. The maximum absolute atomic E-state index is 14.0. The molecule has 2 aliphatic rings. The van der Waals surface area contributed by atoms with Gasteiger partial charge in [0.05, 0.1) is 15.8 Å². The van der Waals surface area contributed by atoms with Crippen molar-refractivity contribution in [3.63, 3.8) is 0 Å². The summed E-state index contributed by atoms with van der Waals surface area (Å²) >= 11 is 1.75. The third kappa shape index (κ3) is 2.95. The number of benzene rings is 2. The van der Waals surface area contributed by atoms with Crippen LogP contribution in [0.4, 0.5) is 9.52 Å². The van der Waals surface area contributed by atoms with E-state index in [0.29, 0.717) is 18.1 Å². The van der Waals surface area contributed by atoms with Crippen LogP contribution in [0.15, 0.2) is 42.5 Å². The largest absolute Gasteiger partial charge is 0.485 e. The lowest BCUT2D eigenvalue weighted by Gasteiger charge is -2.43. The molecule has 0 radical (unpaired) electrons. The van der Waals surface area contributed by atoms with Crippen LogP contribution in [-0.2, 0) is 6.42 Å². The molecule has 4 nitrogen and oxygen atoms in total. The summed E-state index contributed by atoms with van der Waals surface area (Å²) in [6, 6.07) is 13.4. The molecule has 6 heteroatoms. The average Bonchev–Trinajstić information content (AvgIpc) is 3.33. The van der Waals surface area contributed by atoms with Crippen LogP contribution in [0.2, 0.25) is 0 Å². The molecule has 3 heterocycles. The van der Waals surface area contributed by atoms with Gasteiger partial charge in [-0.15, -0.1) is 0 Å². The van der Waals surface area contributed by atoms with Crippen LogP contribution in [0.25, 0.3) is 10.2 Å². The van der Waals surface area contributed by atoms with E-state index >= 15 is 0 Å². The Morgan fingerprint density at radius 3 is 2.71 bits per heavy atom. The summed E-state index contributed by atoms with van der Waals surface area (Å²) in [5.41, 5.74) is 8.28. The fourth-order valence-electron chi connectivity index (χ4n) is 4.53. The van der Waals surface area contributed by atoms with E-state index in [-0.39, 0.29) is 11.9 Å². The molecule has 0 bridgehead atoms. The summed E-state index contributed by atoms with van der Waals surface area (Å²) in [5.74, 6) is 0.429. The van der Waals surface area contributed by atoms with Crippen molar-refractivity contribution in [2.45, 2.75) is 37.8 Å². The van der Waals surface area contributed by atoms with Crippen LogP contribution in [0, 0.1) is 11.7 Å². The van der Waals surface area contributed by atoms with E-state index in [1.165, 1.54) is 10.8 Å². The van der Waals surface area contributed by atoms with Gasteiger partial charge in [0.2, 0.25) is 0 Å². The number of fused-ring (bicyclic) bond motifs is 2. The van der Waals surface area contributed by atoms with E-state index < -0.39 is 5.54 Å². The first kappa shape index (κ1) is 17.9. The molecule has 2 unspecified atom stereocenters. The summed E-state index contributed by atoms with van der Waals surface area (Å²) in [6.07, 6.45) is 2.47. The van der Waals surface area contributed by atoms with E-state index in [1.54, 1.807) is 17.4 Å². The Morgan fingerprint density at radius 1 is 1.18 bits per heavy atom. The number of rotatable bonds is 3. The molecule has 28 heavy (non-hydrogen) atoms. The molecule has 1 fully saturated rings. The first-order chi connectivity index (χ1) is 13.5. The van der Waals surface area contributed by atoms with E-state index in [9.17, 15) is 4.39 Å². The highest BCUT2D eigenvalue weighted by molar-refractivity contribution is 7.22. The number of anilines is 1. The van der Waals surface area contributed by atoms with Gasteiger partial charge in [0.25, 0.3) is 0 Å². The van der Waals surface area contributed by atoms with Gasteiger partial charge in [0.15, 0.2) is 16.7 Å². The molecule has 2 aliphatic heterocycles. The number of halogens is 1. The second kappa shape index (κ2) is 6.71. The molecule has 2 aromatic carbocycles. The Bertz CT molecular complexity index is 977. The molecule has 0 amide bonds. The van der Waals surface area contributed by atoms with Crippen molar-refractivity contribution in [1.29, 1.82) is 0 Å². The molecule has 2 N–H and O–H groups in total. The topological polar surface area (TPSA) is 51.4 Å². The lowest BCUT2D eigenvalue weighted by molar-refractivity contribution is 0.0817. The molecule has 0 saturated carbocycles. The van der Waals surface area contributed by atoms with Gasteiger partial charge < -0.3 is 15.4 Å². The third-order valence-electron chi connectivity index (χ3n) is 6.34. The minimum absolute atomic E-state index is 0.182. The van der Waals surface area contributed by atoms with Crippen molar-refractivity contribution < 1.29 is 9.13 Å². The number of piperidine rings is 1. The monoisotopic (exact) mass is 397 g/mol. The number of nitrogens with two attached hydrogens (primary N) is 1. The summed E-state index contributed by atoms with van der Waals surface area (Å²) in [5, 5.41) is 1.09. The SMILES string of the molecule is CC(N)(C1CCN(c2nc3ccccc3s2)CC1)C1Cc2cccc(F)c2O1. The minimum Gasteiger partial charge on any atom is -0.485 e. The summed E-state index contributed by atoms with van der Waals surface area (Å²) in [7, 11) is 0. The van der Waals surface area contributed by atoms with Crippen LogP contribution in [0.1, 0.15) is 25.3 Å². The Balaban J connectivity index is 1.28. The van der Waals surface area contributed by atoms with Crippen molar-refractivity contribution in [3.05, 3.63) is 53.8 Å². The first-order valence-corrected chi connectivity index (χ1v) is 10.7. The molecule has 3 aromatic rings. The summed E-state index contributed by atoms with van der Waals surface area (Å²) in [6.45, 7) is 3.94. The van der Waals surface area contributed by atoms with Gasteiger partial charge in [-0.1, -0.05) is 35.6 Å². The van der Waals surface area contributed by atoms with Gasteiger partial charge >= 0.3 is 0 Å². The molecule has 146 valence electrons. The first-order valence-electron chi connectivity index (χ1n) is 9.86. The van der Waals surface area contributed by atoms with E-state index in [2.05, 4.69) is 30.0 Å². The Hall–Kier alpha value is -2.18. The van der Waals surface area contributed by atoms with Crippen molar-refractivity contribution in [2.75, 3.05) is 18.0 Å². The second-order valence-corrected chi connectivity index (χ2v) is 9.14. The summed E-state index contributed by atoms with van der Waals surface area (Å²) in [4.78, 5) is 7.15. The smallest absolute Gasteiger partial charge is 0.186 e. The number of para-hydroxylation sites is 2. The predicted molar refractivity (Wildman–Crippen MR) is 112 cm³/mol. The standard InChI is InChI=1S/C22H24FN3OS/c1-22(24,19-13-14-5-4-6-16(23)20(14)27-19)15-9-11-26(12-10-15)21-25-17-7-2-3-8-18(17)28-21/h2-8,15,19H,9-13,24H2,1H3. The number of nitrogens with zero attached hydrogens (tertiary/aromatic N) is 2. The fourth-order valence-corrected chi connectivity index (χ4v) is 5.54. The van der Waals surface area contributed by atoms with Crippen LogP contribution < -0.4 is 15.4 Å². The number of hydrogen-bond donors (Lipinski definition) is 1. The van der Waals surface area contributed by atoms with Crippen molar-refractivity contribution in [1.82, 2.24) is 4.98 Å². The highest BCUT2D eigenvalue weighted by Crippen LogP contribution is 2.40. The Morgan fingerprint density at radius 2 is 1.96 bits per heavy atom. The Labute approximate surface area is 168 Å². The number of aromatic nitrogens is 1. The van der Waals surface area contributed by atoms with E-state index in [4.69, 9.17) is 15.5 Å². The average molecular weight is 398 g/mol. The molecule has 0 aliphatic carbocycles. The number of hydrogen-bond acceptors (Lipinski definition) is 5. The number of ether oxygens (including phenoxy) is 1. The van der Waals surface area contributed by atoms with Crippen molar-refractivity contribution in [2.24, 2.45) is 11.7 Å². The van der Waals surface area contributed by atoms with Crippen LogP contribution in [0.5, 0.6) is 5.75 Å². The van der Waals surface area contributed by atoms with E-state index in [1.807, 2.05) is 12.1 Å². The number of thiazole rings is 1. The quantitative estimate of drug-likeness (QED) is 0.713. The Kier molecular flexibility index (Phi) is 4.29. The highest BCUT2D eigenvalue weighted by atomic mass is 32.1. The minimum atomic E-state index is -0.495. The highest BCUT2D eigenvalue weighted by Gasteiger charge is 2.44. The third-order valence-corrected chi connectivity index (χ3v) is 7.43. The van der Waals surface area contributed by atoms with Gasteiger partial charge in [-0.2, -0.15) is 0 Å². The van der Waals surface area contributed by atoms with Gasteiger partial charge in [0.1, 0.15) is 6.10 Å². The van der Waals surface area contributed by atoms with Crippen molar-refractivity contribution >= 4 is 26.7 Å². The van der Waals surface area contributed by atoms with Gasteiger partial charge in [-0.3, -0.25) is 0 Å². The van der Waals surface area contributed by atoms with Gasteiger partial charge in [0, 0.05) is 25.1 Å². The van der Waals surface area contributed by atoms with Gasteiger partial charge in [-0.25, -0.2) is 9.37 Å². The molecule has 0 spiro atoms. The fraction of sp³-hybridized carbons (Fsp3) is 0.409. The van der Waals surface area contributed by atoms with Crippen LogP contribution in [-0.4, -0.2) is 29.7 Å². The molecule has 1 saturated heterocycles. The zero-order valence-corrected chi connectivity index (χ0v) is 16.7.